The first-order chi connectivity index (χ1) is 16.7. The molecule has 1 saturated carbocycles. The number of benzene rings is 2. The van der Waals surface area contributed by atoms with E-state index in [0.717, 1.165) is 30.8 Å². The van der Waals surface area contributed by atoms with Crippen molar-refractivity contribution >= 4 is 0 Å². The van der Waals surface area contributed by atoms with Crippen molar-refractivity contribution in [1.82, 2.24) is 0 Å². The van der Waals surface area contributed by atoms with Gasteiger partial charge in [0.15, 0.2) is 6.29 Å². The highest BCUT2D eigenvalue weighted by Gasteiger charge is 2.29. The monoisotopic (exact) mass is 464 g/mol. The molecule has 1 aliphatic carbocycles. The van der Waals surface area contributed by atoms with Crippen LogP contribution in [0.1, 0.15) is 125 Å². The summed E-state index contributed by atoms with van der Waals surface area (Å²) in [4.78, 5) is 0. The van der Waals surface area contributed by atoms with Crippen LogP contribution in [0.3, 0.4) is 0 Å². The molecule has 0 amide bonds. The summed E-state index contributed by atoms with van der Waals surface area (Å²) in [5, 5.41) is 0. The summed E-state index contributed by atoms with van der Waals surface area (Å²) in [6.07, 6.45) is 11.2. The summed E-state index contributed by atoms with van der Waals surface area (Å²) < 4.78 is 18.3. The second-order valence-electron chi connectivity index (χ2n) is 10.4. The van der Waals surface area contributed by atoms with E-state index in [-0.39, 0.29) is 6.29 Å². The van der Waals surface area contributed by atoms with Gasteiger partial charge in [0.05, 0.1) is 19.8 Å². The number of rotatable bonds is 10. The molecule has 1 atom stereocenters. The Bertz CT molecular complexity index is 861. The molecule has 1 aliphatic heterocycles. The average molecular weight is 465 g/mol. The first-order valence-electron chi connectivity index (χ1n) is 13.8. The maximum absolute atomic E-state index is 6.27. The number of hydrogen-bond donors (Lipinski definition) is 0. The lowest BCUT2D eigenvalue weighted by atomic mass is 9.78. The van der Waals surface area contributed by atoms with Crippen molar-refractivity contribution in [3.05, 3.63) is 64.7 Å². The van der Waals surface area contributed by atoms with Crippen LogP contribution in [0.2, 0.25) is 0 Å². The highest BCUT2D eigenvalue weighted by atomic mass is 16.7. The average Bonchev–Trinajstić information content (AvgIpc) is 2.90. The standard InChI is InChI=1S/C31H44O3/c1-4-6-19-32-28-16-13-25(14-17-28)31-33-21-27(22-34-31)29-18-15-26(23(3)10-5-2)20-30(29)24-11-8-7-9-12-24/h13-18,20,23-24,27,31H,4-12,19,21-22H2,1-3H3/t23?,27-,31-. The Balaban J connectivity index is 1.43. The normalized spacial score (nSPS) is 22.4. The molecule has 2 aliphatic rings. The van der Waals surface area contributed by atoms with E-state index in [2.05, 4.69) is 51.1 Å². The fraction of sp³-hybridized carbons (Fsp3) is 0.613. The van der Waals surface area contributed by atoms with Gasteiger partial charge in [0.2, 0.25) is 0 Å². The molecule has 0 N–H and O–H groups in total. The molecule has 1 saturated heterocycles. The lowest BCUT2D eigenvalue weighted by molar-refractivity contribution is -0.191. The third-order valence-electron chi connectivity index (χ3n) is 7.70. The van der Waals surface area contributed by atoms with Crippen LogP contribution in [-0.2, 0) is 9.47 Å². The quantitative estimate of drug-likeness (QED) is 0.329. The highest BCUT2D eigenvalue weighted by molar-refractivity contribution is 5.39. The van der Waals surface area contributed by atoms with Gasteiger partial charge in [0.25, 0.3) is 0 Å². The Morgan fingerprint density at radius 2 is 1.59 bits per heavy atom. The summed E-state index contributed by atoms with van der Waals surface area (Å²) in [6.45, 7) is 9.03. The van der Waals surface area contributed by atoms with E-state index in [4.69, 9.17) is 14.2 Å². The topological polar surface area (TPSA) is 27.7 Å². The third-order valence-corrected chi connectivity index (χ3v) is 7.70. The molecule has 4 rings (SSSR count). The molecule has 3 heteroatoms. The molecule has 0 spiro atoms. The van der Waals surface area contributed by atoms with E-state index in [9.17, 15) is 0 Å². The molecular weight excluding hydrogens is 420 g/mol. The van der Waals surface area contributed by atoms with E-state index in [0.29, 0.717) is 31.0 Å². The molecule has 1 heterocycles. The van der Waals surface area contributed by atoms with Gasteiger partial charge in [-0.15, -0.1) is 0 Å². The minimum absolute atomic E-state index is 0.289. The van der Waals surface area contributed by atoms with Crippen LogP contribution in [0.4, 0.5) is 0 Å². The smallest absolute Gasteiger partial charge is 0.183 e. The first kappa shape index (κ1) is 25.3. The second kappa shape index (κ2) is 12.7. The second-order valence-corrected chi connectivity index (χ2v) is 10.4. The number of ether oxygens (including phenoxy) is 3. The maximum atomic E-state index is 6.27. The third kappa shape index (κ3) is 6.43. The van der Waals surface area contributed by atoms with E-state index in [1.54, 1.807) is 5.56 Å². The number of unbranched alkanes of at least 4 members (excludes halogenated alkanes) is 1. The van der Waals surface area contributed by atoms with Crippen molar-refractivity contribution in [3.8, 4) is 5.75 Å². The van der Waals surface area contributed by atoms with Gasteiger partial charge in [-0.1, -0.05) is 83.2 Å². The van der Waals surface area contributed by atoms with Crippen LogP contribution in [0, 0.1) is 0 Å². The zero-order valence-corrected chi connectivity index (χ0v) is 21.6. The molecule has 0 bridgehead atoms. The molecule has 2 fully saturated rings. The van der Waals surface area contributed by atoms with Gasteiger partial charge in [-0.05, 0) is 66.3 Å². The SMILES string of the molecule is CCCCOc1ccc([C@H]2OC[C@H](c3ccc(C(C)CCC)cc3C3CCCCC3)CO2)cc1. The summed E-state index contributed by atoms with van der Waals surface area (Å²) >= 11 is 0. The summed E-state index contributed by atoms with van der Waals surface area (Å²) in [5.41, 5.74) is 5.60. The van der Waals surface area contributed by atoms with E-state index >= 15 is 0 Å². The van der Waals surface area contributed by atoms with Crippen LogP contribution in [0.25, 0.3) is 0 Å². The van der Waals surface area contributed by atoms with E-state index in [1.807, 2.05) is 12.1 Å². The van der Waals surface area contributed by atoms with Gasteiger partial charge < -0.3 is 14.2 Å². The summed E-state index contributed by atoms with van der Waals surface area (Å²) in [5.74, 6) is 2.54. The number of hydrogen-bond acceptors (Lipinski definition) is 3. The molecule has 2 aromatic rings. The Labute approximate surface area is 207 Å². The maximum Gasteiger partial charge on any atom is 0.183 e. The molecule has 3 nitrogen and oxygen atoms in total. The Morgan fingerprint density at radius 3 is 2.26 bits per heavy atom. The van der Waals surface area contributed by atoms with Gasteiger partial charge in [-0.3, -0.25) is 0 Å². The predicted octanol–water partition coefficient (Wildman–Crippen LogP) is 8.65. The Hall–Kier alpha value is -1.84. The molecule has 186 valence electrons. The van der Waals surface area contributed by atoms with Crippen molar-refractivity contribution in [1.29, 1.82) is 0 Å². The highest BCUT2D eigenvalue weighted by Crippen LogP contribution is 2.40. The fourth-order valence-electron chi connectivity index (χ4n) is 5.57. The van der Waals surface area contributed by atoms with Gasteiger partial charge >= 0.3 is 0 Å². The zero-order valence-electron chi connectivity index (χ0n) is 21.6. The molecule has 34 heavy (non-hydrogen) atoms. The van der Waals surface area contributed by atoms with Crippen LogP contribution in [0.5, 0.6) is 5.75 Å². The van der Waals surface area contributed by atoms with Gasteiger partial charge in [0, 0.05) is 11.5 Å². The molecule has 0 aromatic heterocycles. The Kier molecular flexibility index (Phi) is 9.47. The van der Waals surface area contributed by atoms with Crippen molar-refractivity contribution in [2.24, 2.45) is 0 Å². The molecule has 0 radical (unpaired) electrons. The van der Waals surface area contributed by atoms with Crippen LogP contribution < -0.4 is 4.74 Å². The predicted molar refractivity (Wildman–Crippen MR) is 140 cm³/mol. The summed E-state index contributed by atoms with van der Waals surface area (Å²) in [7, 11) is 0. The van der Waals surface area contributed by atoms with Crippen LogP contribution in [-0.4, -0.2) is 19.8 Å². The summed E-state index contributed by atoms with van der Waals surface area (Å²) in [6, 6.07) is 15.5. The van der Waals surface area contributed by atoms with Crippen molar-refractivity contribution in [2.45, 2.75) is 103 Å². The lowest BCUT2D eigenvalue weighted by Crippen LogP contribution is -2.27. The zero-order chi connectivity index (χ0) is 23.8. The molecule has 1 unspecified atom stereocenters. The van der Waals surface area contributed by atoms with Gasteiger partial charge in [-0.25, -0.2) is 0 Å². The molecular formula is C31H44O3. The minimum Gasteiger partial charge on any atom is -0.494 e. The van der Waals surface area contributed by atoms with Gasteiger partial charge in [0.1, 0.15) is 5.75 Å². The fourth-order valence-corrected chi connectivity index (χ4v) is 5.57. The van der Waals surface area contributed by atoms with Crippen molar-refractivity contribution in [2.75, 3.05) is 19.8 Å². The van der Waals surface area contributed by atoms with E-state index in [1.165, 1.54) is 56.1 Å². The Morgan fingerprint density at radius 1 is 0.853 bits per heavy atom. The van der Waals surface area contributed by atoms with E-state index < -0.39 is 0 Å². The molecule has 2 aromatic carbocycles. The van der Waals surface area contributed by atoms with Gasteiger partial charge in [-0.2, -0.15) is 0 Å². The van der Waals surface area contributed by atoms with Crippen molar-refractivity contribution < 1.29 is 14.2 Å². The van der Waals surface area contributed by atoms with Crippen LogP contribution in [0.15, 0.2) is 42.5 Å². The lowest BCUT2D eigenvalue weighted by Gasteiger charge is -2.33. The largest absolute Gasteiger partial charge is 0.494 e. The van der Waals surface area contributed by atoms with Crippen LogP contribution >= 0.6 is 0 Å². The minimum atomic E-state index is -0.289. The van der Waals surface area contributed by atoms with Crippen molar-refractivity contribution in [3.63, 3.8) is 0 Å². The first-order valence-corrected chi connectivity index (χ1v) is 13.8.